The van der Waals surface area contributed by atoms with Gasteiger partial charge in [0.25, 0.3) is 0 Å². The SMILES string of the molecule is CCc1cccc(C)c1NC(=O)NCCOc1cccc(C)c1C. The second kappa shape index (κ2) is 8.39. The third-order valence-corrected chi connectivity index (χ3v) is 4.18. The summed E-state index contributed by atoms with van der Waals surface area (Å²) in [7, 11) is 0. The van der Waals surface area contributed by atoms with Crippen molar-refractivity contribution in [3.05, 3.63) is 58.7 Å². The molecule has 0 aliphatic rings. The highest BCUT2D eigenvalue weighted by atomic mass is 16.5. The van der Waals surface area contributed by atoms with Crippen molar-refractivity contribution < 1.29 is 9.53 Å². The summed E-state index contributed by atoms with van der Waals surface area (Å²) >= 11 is 0. The number of para-hydroxylation sites is 1. The first-order valence-corrected chi connectivity index (χ1v) is 8.35. The van der Waals surface area contributed by atoms with Crippen molar-refractivity contribution in [3.63, 3.8) is 0 Å². The lowest BCUT2D eigenvalue weighted by molar-refractivity contribution is 0.247. The lowest BCUT2D eigenvalue weighted by Gasteiger charge is -2.14. The topological polar surface area (TPSA) is 50.4 Å². The van der Waals surface area contributed by atoms with E-state index in [-0.39, 0.29) is 6.03 Å². The summed E-state index contributed by atoms with van der Waals surface area (Å²) in [6.07, 6.45) is 0.882. The number of benzene rings is 2. The third kappa shape index (κ3) is 4.51. The van der Waals surface area contributed by atoms with Crippen LogP contribution >= 0.6 is 0 Å². The molecule has 0 saturated heterocycles. The fourth-order valence-electron chi connectivity index (χ4n) is 2.57. The summed E-state index contributed by atoms with van der Waals surface area (Å²) in [5.41, 5.74) is 5.43. The van der Waals surface area contributed by atoms with Gasteiger partial charge in [-0.05, 0) is 55.5 Å². The molecule has 0 heterocycles. The van der Waals surface area contributed by atoms with Crippen LogP contribution < -0.4 is 15.4 Å². The Morgan fingerprint density at radius 2 is 1.75 bits per heavy atom. The van der Waals surface area contributed by atoms with Gasteiger partial charge in [0.15, 0.2) is 0 Å². The van der Waals surface area contributed by atoms with Gasteiger partial charge in [-0.1, -0.05) is 37.3 Å². The molecule has 0 spiro atoms. The highest BCUT2D eigenvalue weighted by molar-refractivity contribution is 5.91. The van der Waals surface area contributed by atoms with Crippen LogP contribution in [0.4, 0.5) is 10.5 Å². The second-order valence-corrected chi connectivity index (χ2v) is 5.89. The number of amides is 2. The minimum Gasteiger partial charge on any atom is -0.491 e. The number of aryl methyl sites for hydroxylation is 3. The first-order valence-electron chi connectivity index (χ1n) is 8.35. The maximum Gasteiger partial charge on any atom is 0.319 e. The largest absolute Gasteiger partial charge is 0.491 e. The fraction of sp³-hybridized carbons (Fsp3) is 0.350. The van der Waals surface area contributed by atoms with Crippen molar-refractivity contribution in [2.45, 2.75) is 34.1 Å². The number of rotatable bonds is 6. The van der Waals surface area contributed by atoms with E-state index in [4.69, 9.17) is 4.74 Å². The predicted molar refractivity (Wildman–Crippen MR) is 99.0 cm³/mol. The van der Waals surface area contributed by atoms with Crippen LogP contribution in [0.5, 0.6) is 5.75 Å². The highest BCUT2D eigenvalue weighted by Crippen LogP contribution is 2.21. The zero-order valence-electron chi connectivity index (χ0n) is 14.9. The normalized spacial score (nSPS) is 10.3. The Kier molecular flexibility index (Phi) is 6.24. The van der Waals surface area contributed by atoms with E-state index in [1.54, 1.807) is 0 Å². The highest BCUT2D eigenvalue weighted by Gasteiger charge is 2.08. The molecule has 2 rings (SSSR count). The molecule has 0 aromatic heterocycles. The smallest absolute Gasteiger partial charge is 0.319 e. The first-order chi connectivity index (χ1) is 11.5. The van der Waals surface area contributed by atoms with Crippen LogP contribution in [0, 0.1) is 20.8 Å². The van der Waals surface area contributed by atoms with Crippen LogP contribution in [0.3, 0.4) is 0 Å². The van der Waals surface area contributed by atoms with Gasteiger partial charge in [-0.25, -0.2) is 4.79 Å². The van der Waals surface area contributed by atoms with Crippen LogP contribution in [-0.4, -0.2) is 19.2 Å². The second-order valence-electron chi connectivity index (χ2n) is 5.89. The number of nitrogens with one attached hydrogen (secondary N) is 2. The maximum absolute atomic E-state index is 12.1. The lowest BCUT2D eigenvalue weighted by Crippen LogP contribution is -2.32. The molecule has 0 atom stereocenters. The Labute approximate surface area is 144 Å². The number of hydrogen-bond donors (Lipinski definition) is 2. The molecule has 24 heavy (non-hydrogen) atoms. The van der Waals surface area contributed by atoms with Crippen molar-refractivity contribution in [2.75, 3.05) is 18.5 Å². The quantitative estimate of drug-likeness (QED) is 0.774. The first kappa shape index (κ1) is 17.9. The van der Waals surface area contributed by atoms with E-state index in [9.17, 15) is 4.79 Å². The zero-order valence-corrected chi connectivity index (χ0v) is 14.9. The molecule has 2 aromatic rings. The number of carbonyl (C=O) groups is 1. The van der Waals surface area contributed by atoms with E-state index in [0.717, 1.165) is 34.5 Å². The van der Waals surface area contributed by atoms with Gasteiger partial charge in [-0.2, -0.15) is 0 Å². The number of ether oxygens (including phenoxy) is 1. The molecule has 2 amide bonds. The summed E-state index contributed by atoms with van der Waals surface area (Å²) in [4.78, 5) is 12.1. The zero-order chi connectivity index (χ0) is 17.5. The number of hydrogen-bond acceptors (Lipinski definition) is 2. The van der Waals surface area contributed by atoms with Crippen molar-refractivity contribution in [1.82, 2.24) is 5.32 Å². The van der Waals surface area contributed by atoms with Gasteiger partial charge in [0.05, 0.1) is 6.54 Å². The molecule has 0 aliphatic carbocycles. The fourth-order valence-corrected chi connectivity index (χ4v) is 2.57. The van der Waals surface area contributed by atoms with Gasteiger partial charge in [-0.3, -0.25) is 0 Å². The van der Waals surface area contributed by atoms with Crippen LogP contribution in [-0.2, 0) is 6.42 Å². The molecule has 0 radical (unpaired) electrons. The average Bonchev–Trinajstić information content (AvgIpc) is 2.57. The molecule has 4 nitrogen and oxygen atoms in total. The summed E-state index contributed by atoms with van der Waals surface area (Å²) in [5.74, 6) is 0.865. The molecule has 0 bridgehead atoms. The van der Waals surface area contributed by atoms with Crippen LogP contribution in [0.15, 0.2) is 36.4 Å². The third-order valence-electron chi connectivity index (χ3n) is 4.18. The van der Waals surface area contributed by atoms with E-state index in [1.165, 1.54) is 5.56 Å². The van der Waals surface area contributed by atoms with Gasteiger partial charge in [0.1, 0.15) is 12.4 Å². The Balaban J connectivity index is 1.83. The van der Waals surface area contributed by atoms with Crippen molar-refractivity contribution in [2.24, 2.45) is 0 Å². The summed E-state index contributed by atoms with van der Waals surface area (Å²) in [5, 5.41) is 5.78. The molecule has 0 aliphatic heterocycles. The summed E-state index contributed by atoms with van der Waals surface area (Å²) in [6.45, 7) is 9.06. The molecule has 128 valence electrons. The van der Waals surface area contributed by atoms with Crippen molar-refractivity contribution in [1.29, 1.82) is 0 Å². The van der Waals surface area contributed by atoms with Crippen LogP contribution in [0.1, 0.15) is 29.2 Å². The van der Waals surface area contributed by atoms with Gasteiger partial charge in [0.2, 0.25) is 0 Å². The molecule has 0 fully saturated rings. The van der Waals surface area contributed by atoms with Crippen molar-refractivity contribution in [3.8, 4) is 5.75 Å². The predicted octanol–water partition coefficient (Wildman–Crippen LogP) is 4.37. The van der Waals surface area contributed by atoms with Gasteiger partial charge < -0.3 is 15.4 Å². The standard InChI is InChI=1S/C20H26N2O2/c1-5-17-10-6-9-15(3)19(17)22-20(23)21-12-13-24-18-11-7-8-14(2)16(18)4/h6-11H,5,12-13H2,1-4H3,(H2,21,22,23). The van der Waals surface area contributed by atoms with E-state index in [2.05, 4.69) is 30.5 Å². The number of urea groups is 1. The Hall–Kier alpha value is -2.49. The molecule has 0 saturated carbocycles. The Bertz CT molecular complexity index is 711. The molecule has 2 aromatic carbocycles. The van der Waals surface area contributed by atoms with Crippen molar-refractivity contribution >= 4 is 11.7 Å². The van der Waals surface area contributed by atoms with Gasteiger partial charge in [-0.15, -0.1) is 0 Å². The molecular formula is C20H26N2O2. The van der Waals surface area contributed by atoms with E-state index >= 15 is 0 Å². The van der Waals surface area contributed by atoms with E-state index in [0.29, 0.717) is 13.2 Å². The maximum atomic E-state index is 12.1. The molecular weight excluding hydrogens is 300 g/mol. The molecule has 4 heteroatoms. The summed E-state index contributed by atoms with van der Waals surface area (Å²) < 4.78 is 5.74. The Morgan fingerprint density at radius 1 is 1.04 bits per heavy atom. The van der Waals surface area contributed by atoms with Crippen LogP contribution in [0.25, 0.3) is 0 Å². The average molecular weight is 326 g/mol. The van der Waals surface area contributed by atoms with Crippen LogP contribution in [0.2, 0.25) is 0 Å². The monoisotopic (exact) mass is 326 g/mol. The number of carbonyl (C=O) groups excluding carboxylic acids is 1. The van der Waals surface area contributed by atoms with E-state index < -0.39 is 0 Å². The van der Waals surface area contributed by atoms with Gasteiger partial charge >= 0.3 is 6.03 Å². The number of anilines is 1. The lowest BCUT2D eigenvalue weighted by atomic mass is 10.1. The van der Waals surface area contributed by atoms with Gasteiger partial charge in [0, 0.05) is 5.69 Å². The minimum atomic E-state index is -0.205. The molecule has 2 N–H and O–H groups in total. The minimum absolute atomic E-state index is 0.205. The van der Waals surface area contributed by atoms with E-state index in [1.807, 2.05) is 44.2 Å². The summed E-state index contributed by atoms with van der Waals surface area (Å²) in [6, 6.07) is 11.8. The Morgan fingerprint density at radius 3 is 2.50 bits per heavy atom. The molecule has 0 unspecified atom stereocenters.